The second-order valence-corrected chi connectivity index (χ2v) is 61.8. The van der Waals surface area contributed by atoms with Crippen molar-refractivity contribution in [2.45, 2.75) is 137 Å². The Morgan fingerprint density at radius 2 is 0.806 bits per heavy atom. The van der Waals surface area contributed by atoms with Crippen molar-refractivity contribution < 1.29 is 4.12 Å². The standard InChI is InChI=1S/C21H65N5OSi9/c1-28(2,3)22-35(24(30(7,8)9)31(10,11)12)25(32(13,14)15)36(23-29(4,5)6,27-34(19,20)21)26(35)33(16,17)18/h22-23H,1-21H3. The van der Waals surface area contributed by atoms with E-state index in [4.69, 9.17) is 4.12 Å². The van der Waals surface area contributed by atoms with Crippen LogP contribution in [-0.2, 0) is 4.12 Å². The van der Waals surface area contributed by atoms with Crippen molar-refractivity contribution in [2.75, 3.05) is 0 Å². The second kappa shape index (κ2) is 10.2. The molecule has 36 heavy (non-hydrogen) atoms. The molecule has 0 spiro atoms. The lowest BCUT2D eigenvalue weighted by molar-refractivity contribution is 0.349. The minimum atomic E-state index is -2.61. The van der Waals surface area contributed by atoms with Gasteiger partial charge in [0.05, 0.1) is 0 Å². The largest absolute Gasteiger partial charge is 0.424 e. The summed E-state index contributed by atoms with van der Waals surface area (Å²) in [5, 5.41) is 0. The van der Waals surface area contributed by atoms with Crippen molar-refractivity contribution in [3.8, 4) is 0 Å². The van der Waals surface area contributed by atoms with Crippen LogP contribution in [0.5, 0.6) is 0 Å². The van der Waals surface area contributed by atoms with E-state index in [9.17, 15) is 0 Å². The Labute approximate surface area is 236 Å². The fourth-order valence-electron chi connectivity index (χ4n) is 6.38. The monoisotopic (exact) mass is 655 g/mol. The summed E-state index contributed by atoms with van der Waals surface area (Å²) in [5.74, 6) is 0. The van der Waals surface area contributed by atoms with Gasteiger partial charge >= 0.3 is 17.5 Å². The van der Waals surface area contributed by atoms with E-state index in [0.717, 1.165) is 0 Å². The molecule has 0 aromatic rings. The van der Waals surface area contributed by atoms with Gasteiger partial charge < -0.3 is 17.3 Å². The average Bonchev–Trinajstić information content (AvgIpc) is 2.31. The number of rotatable bonds is 11. The Morgan fingerprint density at radius 3 is 1.00 bits per heavy atom. The topological polar surface area (TPSA) is 43.0 Å². The second-order valence-electron chi connectivity index (χ2n) is 17.9. The highest BCUT2D eigenvalue weighted by molar-refractivity contribution is 7.26. The highest BCUT2D eigenvalue weighted by atomic mass is 28.6. The van der Waals surface area contributed by atoms with Gasteiger partial charge in [-0.3, -0.25) is 7.79 Å². The molecule has 1 saturated heterocycles. The summed E-state index contributed by atoms with van der Waals surface area (Å²) in [7, 11) is -17.3. The first kappa shape index (κ1) is 35.7. The third kappa shape index (κ3) is 7.92. The van der Waals surface area contributed by atoms with Crippen LogP contribution in [0.15, 0.2) is 0 Å². The lowest BCUT2D eigenvalue weighted by atomic mass is 11.8. The molecule has 0 atom stereocenters. The van der Waals surface area contributed by atoms with Crippen molar-refractivity contribution in [1.29, 1.82) is 0 Å². The number of nitrogens with one attached hydrogen (secondary N) is 2. The molecule has 1 rings (SSSR count). The summed E-state index contributed by atoms with van der Waals surface area (Å²) < 4.78 is 26.4. The van der Waals surface area contributed by atoms with E-state index in [1.54, 1.807) is 0 Å². The molecule has 0 amide bonds. The van der Waals surface area contributed by atoms with Crippen LogP contribution in [0.2, 0.25) is 137 Å². The molecule has 0 unspecified atom stereocenters. The molecule has 0 bridgehead atoms. The zero-order valence-electron chi connectivity index (χ0n) is 28.2. The molecule has 216 valence electrons. The summed E-state index contributed by atoms with van der Waals surface area (Å²) >= 11 is 0. The van der Waals surface area contributed by atoms with Gasteiger partial charge in [0.2, 0.25) is 0 Å². The Morgan fingerprint density at radius 1 is 0.500 bits per heavy atom. The van der Waals surface area contributed by atoms with Crippen LogP contribution in [0.4, 0.5) is 0 Å². The lowest BCUT2D eigenvalue weighted by Crippen LogP contribution is -3.14. The van der Waals surface area contributed by atoms with Crippen LogP contribution in [0.1, 0.15) is 0 Å². The van der Waals surface area contributed by atoms with Crippen LogP contribution in [-0.4, -0.2) is 86.9 Å². The third-order valence-electron chi connectivity index (χ3n) is 5.75. The van der Waals surface area contributed by atoms with Gasteiger partial charge in [-0.15, -0.1) is 0 Å². The van der Waals surface area contributed by atoms with E-state index < -0.39 is 75.3 Å². The molecule has 1 aliphatic heterocycles. The van der Waals surface area contributed by atoms with Crippen LogP contribution in [0, 0.1) is 0 Å². The van der Waals surface area contributed by atoms with Crippen molar-refractivity contribution in [3.63, 3.8) is 0 Å². The predicted molar refractivity (Wildman–Crippen MR) is 188 cm³/mol. The fourth-order valence-corrected chi connectivity index (χ4v) is 70.8. The minimum Gasteiger partial charge on any atom is -0.424 e. The molecule has 15 heteroatoms. The molecule has 1 heterocycles. The fraction of sp³-hybridized carbons (Fsp3) is 1.00. The SMILES string of the molecule is C[Si](C)(C)N[Si]1(O[Si](C)(C)C)N([Si](C)(C)C)[Si](N[Si](C)(C)C)(N([Si](C)(C)C)[Si](C)(C)C)N1[Si](C)(C)C. The Hall–Kier alpha value is 1.71. The molecule has 0 aromatic heterocycles. The van der Waals surface area contributed by atoms with Crippen molar-refractivity contribution in [1.82, 2.24) is 21.0 Å². The van der Waals surface area contributed by atoms with E-state index >= 15 is 0 Å². The molecule has 2 N–H and O–H groups in total. The zero-order valence-corrected chi connectivity index (χ0v) is 37.2. The molecule has 0 aromatic carbocycles. The Kier molecular flexibility index (Phi) is 10.1. The summed E-state index contributed by atoms with van der Waals surface area (Å²) in [5.41, 5.74) is 0. The van der Waals surface area contributed by atoms with E-state index in [1.165, 1.54) is 0 Å². The highest BCUT2D eigenvalue weighted by Gasteiger charge is 2.83. The molecular weight excluding hydrogens is 591 g/mol. The van der Waals surface area contributed by atoms with E-state index in [0.29, 0.717) is 0 Å². The van der Waals surface area contributed by atoms with Crippen LogP contribution < -0.4 is 9.30 Å². The molecular formula is C21H65N5OSi9. The van der Waals surface area contributed by atoms with Gasteiger partial charge in [-0.2, -0.15) is 0 Å². The maximum absolute atomic E-state index is 7.70. The highest BCUT2D eigenvalue weighted by Crippen LogP contribution is 2.50. The molecule has 0 radical (unpaired) electrons. The van der Waals surface area contributed by atoms with Gasteiger partial charge in [0.25, 0.3) is 0 Å². The maximum Gasteiger partial charge on any atom is 0.407 e. The smallest absolute Gasteiger partial charge is 0.407 e. The van der Waals surface area contributed by atoms with Gasteiger partial charge in [0, 0.05) is 0 Å². The quantitative estimate of drug-likeness (QED) is 0.238. The molecule has 1 aliphatic rings. The average molecular weight is 657 g/mol. The van der Waals surface area contributed by atoms with Crippen molar-refractivity contribution >= 4 is 75.3 Å². The first-order valence-corrected chi connectivity index (χ1v) is 41.8. The van der Waals surface area contributed by atoms with Gasteiger partial charge in [-0.05, 0) is 19.6 Å². The summed E-state index contributed by atoms with van der Waals surface area (Å²) in [6.07, 6.45) is 0. The van der Waals surface area contributed by atoms with E-state index in [2.05, 4.69) is 158 Å². The summed E-state index contributed by atoms with van der Waals surface area (Å²) in [4.78, 5) is 0. The van der Waals surface area contributed by atoms with Crippen molar-refractivity contribution in [3.05, 3.63) is 0 Å². The van der Waals surface area contributed by atoms with Gasteiger partial charge in [-0.25, -0.2) is 0 Å². The molecule has 0 saturated carbocycles. The summed E-state index contributed by atoms with van der Waals surface area (Å²) in [6.45, 7) is 53.6. The maximum atomic E-state index is 7.70. The van der Waals surface area contributed by atoms with Gasteiger partial charge in [0.15, 0.2) is 8.32 Å². The first-order chi connectivity index (χ1) is 15.2. The van der Waals surface area contributed by atoms with Gasteiger partial charge in [0.1, 0.15) is 49.4 Å². The van der Waals surface area contributed by atoms with Gasteiger partial charge in [-0.1, -0.05) is 118 Å². The van der Waals surface area contributed by atoms with Crippen LogP contribution in [0.25, 0.3) is 0 Å². The van der Waals surface area contributed by atoms with Crippen LogP contribution in [0.3, 0.4) is 0 Å². The molecule has 1 fully saturated rings. The predicted octanol–water partition coefficient (Wildman–Crippen LogP) is 6.82. The lowest BCUT2D eigenvalue weighted by Gasteiger charge is -2.81. The van der Waals surface area contributed by atoms with Crippen molar-refractivity contribution in [2.24, 2.45) is 0 Å². The third-order valence-corrected chi connectivity index (χ3v) is 51.8. The zero-order chi connectivity index (χ0) is 29.4. The number of hydrogen-bond acceptors (Lipinski definition) is 6. The minimum absolute atomic E-state index is 1.67. The first-order valence-electron chi connectivity index (χ1n) is 13.9. The molecule has 6 nitrogen and oxygen atoms in total. The van der Waals surface area contributed by atoms with Crippen LogP contribution >= 0.6 is 0 Å². The number of hydrogen-bond donors (Lipinski definition) is 2. The Bertz CT molecular complexity index is 727. The summed E-state index contributed by atoms with van der Waals surface area (Å²) in [6, 6.07) is 0. The van der Waals surface area contributed by atoms with E-state index in [1.807, 2.05) is 0 Å². The normalized spacial score (nSPS) is 26.5. The Balaban J connectivity index is 4.43. The molecule has 0 aliphatic carbocycles. The number of nitrogens with zero attached hydrogens (tertiary/aromatic N) is 3. The van der Waals surface area contributed by atoms with E-state index in [-0.39, 0.29) is 0 Å².